The maximum Gasteiger partial charge on any atom is 0.0995 e. The van der Waals surface area contributed by atoms with E-state index in [0.29, 0.717) is 0 Å². The highest BCUT2D eigenvalue weighted by Crippen LogP contribution is 2.27. The molecule has 0 saturated carbocycles. The SMILES string of the molecule is Brc1ccc(C2CCCO2)nc1. The number of rotatable bonds is 1. The van der Waals surface area contributed by atoms with Crippen molar-refractivity contribution in [3.8, 4) is 0 Å². The zero-order chi connectivity index (χ0) is 8.39. The van der Waals surface area contributed by atoms with Gasteiger partial charge in [0, 0.05) is 17.3 Å². The van der Waals surface area contributed by atoms with Crippen LogP contribution < -0.4 is 0 Å². The summed E-state index contributed by atoms with van der Waals surface area (Å²) in [6.07, 6.45) is 4.31. The van der Waals surface area contributed by atoms with Crippen LogP contribution in [0.5, 0.6) is 0 Å². The van der Waals surface area contributed by atoms with Gasteiger partial charge in [-0.2, -0.15) is 0 Å². The van der Waals surface area contributed by atoms with Crippen molar-refractivity contribution in [1.29, 1.82) is 0 Å². The summed E-state index contributed by atoms with van der Waals surface area (Å²) >= 11 is 3.35. The molecule has 64 valence electrons. The normalized spacial score (nSPS) is 22.9. The first-order valence-electron chi connectivity index (χ1n) is 4.09. The fraction of sp³-hybridized carbons (Fsp3) is 0.444. The summed E-state index contributed by atoms with van der Waals surface area (Å²) in [7, 11) is 0. The smallest absolute Gasteiger partial charge is 0.0995 e. The van der Waals surface area contributed by atoms with Gasteiger partial charge in [0.15, 0.2) is 0 Å². The summed E-state index contributed by atoms with van der Waals surface area (Å²) in [5.41, 5.74) is 1.05. The lowest BCUT2D eigenvalue weighted by molar-refractivity contribution is 0.108. The van der Waals surface area contributed by atoms with Crippen molar-refractivity contribution in [1.82, 2.24) is 4.98 Å². The van der Waals surface area contributed by atoms with E-state index in [1.807, 2.05) is 18.3 Å². The second-order valence-corrected chi connectivity index (χ2v) is 3.82. The Morgan fingerprint density at radius 3 is 3.00 bits per heavy atom. The van der Waals surface area contributed by atoms with Crippen molar-refractivity contribution in [3.05, 3.63) is 28.5 Å². The van der Waals surface area contributed by atoms with E-state index in [-0.39, 0.29) is 6.10 Å². The van der Waals surface area contributed by atoms with Crippen molar-refractivity contribution < 1.29 is 4.74 Å². The minimum atomic E-state index is 0.234. The minimum Gasteiger partial charge on any atom is -0.372 e. The van der Waals surface area contributed by atoms with Crippen LogP contribution in [-0.2, 0) is 4.74 Å². The van der Waals surface area contributed by atoms with Gasteiger partial charge in [-0.1, -0.05) is 0 Å². The molecule has 0 radical (unpaired) electrons. The van der Waals surface area contributed by atoms with Crippen LogP contribution >= 0.6 is 15.9 Å². The highest BCUT2D eigenvalue weighted by molar-refractivity contribution is 9.10. The van der Waals surface area contributed by atoms with Crippen LogP contribution in [0.2, 0.25) is 0 Å². The molecule has 2 nitrogen and oxygen atoms in total. The molecule has 1 atom stereocenters. The number of ether oxygens (including phenoxy) is 1. The Balaban J connectivity index is 2.17. The fourth-order valence-corrected chi connectivity index (χ4v) is 1.62. The molecule has 1 aromatic heterocycles. The molecule has 0 aliphatic carbocycles. The van der Waals surface area contributed by atoms with Crippen LogP contribution in [0.25, 0.3) is 0 Å². The van der Waals surface area contributed by atoms with E-state index >= 15 is 0 Å². The van der Waals surface area contributed by atoms with Crippen molar-refractivity contribution in [3.63, 3.8) is 0 Å². The summed E-state index contributed by atoms with van der Waals surface area (Å²) < 4.78 is 6.52. The third-order valence-electron chi connectivity index (χ3n) is 2.01. The molecule has 0 bridgehead atoms. The molecule has 12 heavy (non-hydrogen) atoms. The zero-order valence-corrected chi connectivity index (χ0v) is 8.25. The Hall–Kier alpha value is -0.410. The topological polar surface area (TPSA) is 22.1 Å². The number of pyridine rings is 1. The maximum atomic E-state index is 5.50. The van der Waals surface area contributed by atoms with Gasteiger partial charge in [0.05, 0.1) is 11.8 Å². The van der Waals surface area contributed by atoms with Gasteiger partial charge in [0.25, 0.3) is 0 Å². The van der Waals surface area contributed by atoms with Crippen molar-refractivity contribution in [2.45, 2.75) is 18.9 Å². The van der Waals surface area contributed by atoms with E-state index in [1.54, 1.807) is 0 Å². The number of hydrogen-bond donors (Lipinski definition) is 0. The molecule has 3 heteroatoms. The average Bonchev–Trinajstić information content (AvgIpc) is 2.58. The van der Waals surface area contributed by atoms with Crippen LogP contribution in [0.4, 0.5) is 0 Å². The first kappa shape index (κ1) is 8.20. The van der Waals surface area contributed by atoms with Gasteiger partial charge in [-0.15, -0.1) is 0 Å². The van der Waals surface area contributed by atoms with Gasteiger partial charge in [-0.25, -0.2) is 0 Å². The Bertz CT molecular complexity index is 254. The standard InChI is InChI=1S/C9H10BrNO/c10-7-3-4-8(11-6-7)9-2-1-5-12-9/h3-4,6,9H,1-2,5H2. The molecule has 2 rings (SSSR count). The van der Waals surface area contributed by atoms with E-state index in [4.69, 9.17) is 4.74 Å². The van der Waals surface area contributed by atoms with Gasteiger partial charge in [0.1, 0.15) is 0 Å². The molecule has 1 aromatic rings. The third kappa shape index (κ3) is 1.67. The lowest BCUT2D eigenvalue weighted by Gasteiger charge is -2.07. The van der Waals surface area contributed by atoms with Crippen molar-refractivity contribution in [2.75, 3.05) is 6.61 Å². The molecule has 0 spiro atoms. The first-order valence-corrected chi connectivity index (χ1v) is 4.88. The van der Waals surface area contributed by atoms with E-state index in [0.717, 1.165) is 29.6 Å². The molecule has 1 saturated heterocycles. The quantitative estimate of drug-likeness (QED) is 0.737. The lowest BCUT2D eigenvalue weighted by atomic mass is 10.2. The van der Waals surface area contributed by atoms with E-state index in [1.165, 1.54) is 0 Å². The predicted octanol–water partition coefficient (Wildman–Crippen LogP) is 2.70. The molecular weight excluding hydrogens is 218 g/mol. The molecule has 1 aliphatic heterocycles. The van der Waals surface area contributed by atoms with Gasteiger partial charge in [0.2, 0.25) is 0 Å². The number of aromatic nitrogens is 1. The van der Waals surface area contributed by atoms with Crippen molar-refractivity contribution >= 4 is 15.9 Å². The van der Waals surface area contributed by atoms with Crippen LogP contribution in [0.3, 0.4) is 0 Å². The Labute approximate surface area is 80.1 Å². The molecule has 0 amide bonds. The van der Waals surface area contributed by atoms with E-state index in [2.05, 4.69) is 20.9 Å². The second kappa shape index (κ2) is 3.54. The average molecular weight is 228 g/mol. The molecule has 0 aromatic carbocycles. The lowest BCUT2D eigenvalue weighted by Crippen LogP contribution is -1.97. The molecule has 1 aliphatic rings. The molecule has 2 heterocycles. The second-order valence-electron chi connectivity index (χ2n) is 2.90. The van der Waals surface area contributed by atoms with Gasteiger partial charge >= 0.3 is 0 Å². The predicted molar refractivity (Wildman–Crippen MR) is 49.9 cm³/mol. The zero-order valence-electron chi connectivity index (χ0n) is 6.66. The summed E-state index contributed by atoms with van der Waals surface area (Å²) in [5.74, 6) is 0. The van der Waals surface area contributed by atoms with Gasteiger partial charge in [-0.05, 0) is 40.9 Å². The number of hydrogen-bond acceptors (Lipinski definition) is 2. The van der Waals surface area contributed by atoms with Crippen LogP contribution in [0.1, 0.15) is 24.6 Å². The largest absolute Gasteiger partial charge is 0.372 e. The number of nitrogens with zero attached hydrogens (tertiary/aromatic N) is 1. The minimum absolute atomic E-state index is 0.234. The van der Waals surface area contributed by atoms with Crippen LogP contribution in [0, 0.1) is 0 Å². The highest BCUT2D eigenvalue weighted by Gasteiger charge is 2.18. The first-order chi connectivity index (χ1) is 5.86. The summed E-state index contributed by atoms with van der Waals surface area (Å²) in [6, 6.07) is 4.02. The molecule has 0 N–H and O–H groups in total. The van der Waals surface area contributed by atoms with Gasteiger partial charge < -0.3 is 4.74 Å². The highest BCUT2D eigenvalue weighted by atomic mass is 79.9. The molecule has 1 fully saturated rings. The molecule has 1 unspecified atom stereocenters. The fourth-order valence-electron chi connectivity index (χ4n) is 1.39. The van der Waals surface area contributed by atoms with Crippen LogP contribution in [-0.4, -0.2) is 11.6 Å². The van der Waals surface area contributed by atoms with Gasteiger partial charge in [-0.3, -0.25) is 4.98 Å². The van der Waals surface area contributed by atoms with E-state index < -0.39 is 0 Å². The summed E-state index contributed by atoms with van der Waals surface area (Å²) in [4.78, 5) is 4.29. The van der Waals surface area contributed by atoms with E-state index in [9.17, 15) is 0 Å². The van der Waals surface area contributed by atoms with Crippen LogP contribution in [0.15, 0.2) is 22.8 Å². The Morgan fingerprint density at radius 2 is 2.42 bits per heavy atom. The Morgan fingerprint density at radius 1 is 1.50 bits per heavy atom. The monoisotopic (exact) mass is 227 g/mol. The van der Waals surface area contributed by atoms with Crippen molar-refractivity contribution in [2.24, 2.45) is 0 Å². The third-order valence-corrected chi connectivity index (χ3v) is 2.48. The Kier molecular flexibility index (Phi) is 2.42. The summed E-state index contributed by atoms with van der Waals surface area (Å²) in [5, 5.41) is 0. The number of halogens is 1. The summed E-state index contributed by atoms with van der Waals surface area (Å²) in [6.45, 7) is 0.877. The maximum absolute atomic E-state index is 5.50. The molecular formula is C9H10BrNO.